The third kappa shape index (κ3) is 2.94. The maximum absolute atomic E-state index is 11.6. The van der Waals surface area contributed by atoms with E-state index in [1.54, 1.807) is 0 Å². The summed E-state index contributed by atoms with van der Waals surface area (Å²) in [5, 5.41) is 10.9. The van der Waals surface area contributed by atoms with Crippen LogP contribution < -0.4 is 14.8 Å². The van der Waals surface area contributed by atoms with Crippen molar-refractivity contribution in [3.63, 3.8) is 0 Å². The molecule has 0 aliphatic carbocycles. The van der Waals surface area contributed by atoms with E-state index in [4.69, 9.17) is 14.6 Å². The number of carboxylic acids is 1. The smallest absolute Gasteiger partial charge is 0.328 e. The predicted molar refractivity (Wildman–Crippen MR) is 68.0 cm³/mol. The molecule has 20 heavy (non-hydrogen) atoms. The van der Waals surface area contributed by atoms with Crippen molar-refractivity contribution in [3.05, 3.63) is 29.8 Å². The third-order valence-electron chi connectivity index (χ3n) is 2.53. The Kier molecular flexibility index (Phi) is 3.69. The average molecular weight is 277 g/mol. The minimum Gasteiger partial charge on any atom is -0.478 e. The molecule has 0 aromatic heterocycles. The first-order chi connectivity index (χ1) is 9.47. The van der Waals surface area contributed by atoms with E-state index in [9.17, 15) is 14.4 Å². The Morgan fingerprint density at radius 2 is 1.85 bits per heavy atom. The fourth-order valence-corrected chi connectivity index (χ4v) is 1.66. The van der Waals surface area contributed by atoms with E-state index in [0.717, 1.165) is 6.08 Å². The van der Waals surface area contributed by atoms with Crippen molar-refractivity contribution in [3.8, 4) is 11.5 Å². The van der Waals surface area contributed by atoms with Gasteiger partial charge in [-0.05, 0) is 13.0 Å². The van der Waals surface area contributed by atoms with Crippen LogP contribution >= 0.6 is 0 Å². The topological polar surface area (TPSA) is 102 Å². The quantitative estimate of drug-likeness (QED) is 0.633. The summed E-state index contributed by atoms with van der Waals surface area (Å²) in [4.78, 5) is 33.4. The summed E-state index contributed by atoms with van der Waals surface area (Å²) < 4.78 is 10.3. The van der Waals surface area contributed by atoms with Gasteiger partial charge in [0.1, 0.15) is 0 Å². The molecule has 1 heterocycles. The number of anilines is 1. The third-order valence-corrected chi connectivity index (χ3v) is 2.53. The summed E-state index contributed by atoms with van der Waals surface area (Å²) in [6, 6.07) is 2.94. The number of Topliss-reactive ketones (excluding diaryl/α,β-unsaturated/α-hetero) is 1. The van der Waals surface area contributed by atoms with E-state index in [0.29, 0.717) is 17.6 Å². The molecule has 0 atom stereocenters. The second-order valence-electron chi connectivity index (χ2n) is 3.97. The molecule has 7 nitrogen and oxygen atoms in total. The Labute approximate surface area is 113 Å². The molecule has 1 amide bonds. The van der Waals surface area contributed by atoms with E-state index in [-0.39, 0.29) is 23.8 Å². The van der Waals surface area contributed by atoms with Crippen LogP contribution in [0.3, 0.4) is 0 Å². The molecule has 1 aliphatic rings. The first kappa shape index (κ1) is 13.6. The van der Waals surface area contributed by atoms with Crippen LogP contribution in [-0.4, -0.2) is 29.6 Å². The van der Waals surface area contributed by atoms with Gasteiger partial charge in [-0.1, -0.05) is 0 Å². The molecular formula is C13H11NO6. The molecule has 0 bridgehead atoms. The molecular weight excluding hydrogens is 266 g/mol. The van der Waals surface area contributed by atoms with Gasteiger partial charge < -0.3 is 19.9 Å². The molecule has 2 N–H and O–H groups in total. The summed E-state index contributed by atoms with van der Waals surface area (Å²) >= 11 is 0. The number of ether oxygens (including phenoxy) is 2. The zero-order valence-corrected chi connectivity index (χ0v) is 10.5. The van der Waals surface area contributed by atoms with Gasteiger partial charge in [0.05, 0.1) is 5.69 Å². The second kappa shape index (κ2) is 5.43. The molecule has 0 radical (unpaired) electrons. The number of hydrogen-bond donors (Lipinski definition) is 2. The van der Waals surface area contributed by atoms with Crippen molar-refractivity contribution in [2.45, 2.75) is 6.92 Å². The first-order valence-corrected chi connectivity index (χ1v) is 5.64. The maximum Gasteiger partial charge on any atom is 0.328 e. The lowest BCUT2D eigenvalue weighted by atomic mass is 10.1. The predicted octanol–water partition coefficient (Wildman–Crippen LogP) is 1.20. The van der Waals surface area contributed by atoms with Gasteiger partial charge in [-0.2, -0.15) is 0 Å². The van der Waals surface area contributed by atoms with Crippen molar-refractivity contribution in [2.75, 3.05) is 12.1 Å². The Bertz CT molecular complexity index is 620. The van der Waals surface area contributed by atoms with Crippen LogP contribution in [0.25, 0.3) is 0 Å². The summed E-state index contributed by atoms with van der Waals surface area (Å²) in [6.07, 6.45) is 1.56. The molecule has 0 saturated carbocycles. The Balaban J connectivity index is 2.28. The van der Waals surface area contributed by atoms with E-state index in [2.05, 4.69) is 5.32 Å². The number of carbonyl (C=O) groups is 3. The van der Waals surface area contributed by atoms with Crippen LogP contribution in [0.5, 0.6) is 11.5 Å². The van der Waals surface area contributed by atoms with Gasteiger partial charge in [0.25, 0.3) is 0 Å². The number of ketones is 1. The largest absolute Gasteiger partial charge is 0.478 e. The molecule has 1 aromatic carbocycles. The number of carboxylic acid groups (broad SMARTS) is 1. The van der Waals surface area contributed by atoms with Gasteiger partial charge in [-0.3, -0.25) is 9.59 Å². The molecule has 1 aromatic rings. The monoisotopic (exact) mass is 277 g/mol. The molecule has 0 saturated heterocycles. The fraction of sp³-hybridized carbons (Fsp3) is 0.154. The second-order valence-corrected chi connectivity index (χ2v) is 3.97. The van der Waals surface area contributed by atoms with Gasteiger partial charge in [-0.15, -0.1) is 0 Å². The molecule has 0 spiro atoms. The van der Waals surface area contributed by atoms with Crippen molar-refractivity contribution < 1.29 is 29.0 Å². The van der Waals surface area contributed by atoms with Gasteiger partial charge in [0.15, 0.2) is 17.3 Å². The number of nitrogens with one attached hydrogen (secondary N) is 1. The number of aliphatic carboxylic acids is 1. The maximum atomic E-state index is 11.6. The highest BCUT2D eigenvalue weighted by atomic mass is 16.7. The van der Waals surface area contributed by atoms with Crippen LogP contribution in [-0.2, 0) is 9.59 Å². The molecule has 2 rings (SSSR count). The molecule has 104 valence electrons. The Morgan fingerprint density at radius 3 is 2.45 bits per heavy atom. The molecule has 0 fully saturated rings. The highest BCUT2D eigenvalue weighted by Crippen LogP contribution is 2.37. The molecule has 0 unspecified atom stereocenters. The summed E-state index contributed by atoms with van der Waals surface area (Å²) in [5.74, 6) is -1.33. The van der Waals surface area contributed by atoms with Crippen molar-refractivity contribution in [1.29, 1.82) is 0 Å². The zero-order valence-electron chi connectivity index (χ0n) is 10.5. The zero-order chi connectivity index (χ0) is 14.7. The van der Waals surface area contributed by atoms with Gasteiger partial charge in [0, 0.05) is 23.8 Å². The Hall–Kier alpha value is -2.83. The van der Waals surface area contributed by atoms with Gasteiger partial charge >= 0.3 is 5.97 Å². The SMILES string of the molecule is CC(=O)c1cc2c(cc1NC(=O)C=CC(=O)O)OCO2. The van der Waals surface area contributed by atoms with Crippen LogP contribution in [0.4, 0.5) is 5.69 Å². The normalized spacial score (nSPS) is 12.4. The molecule has 1 aliphatic heterocycles. The number of rotatable bonds is 4. The van der Waals surface area contributed by atoms with E-state index < -0.39 is 11.9 Å². The Morgan fingerprint density at radius 1 is 1.20 bits per heavy atom. The van der Waals surface area contributed by atoms with E-state index in [1.807, 2.05) is 0 Å². The lowest BCUT2D eigenvalue weighted by Gasteiger charge is -2.09. The van der Waals surface area contributed by atoms with Crippen molar-refractivity contribution in [2.24, 2.45) is 0 Å². The summed E-state index contributed by atoms with van der Waals surface area (Å²) in [6.45, 7) is 1.39. The number of benzene rings is 1. The first-order valence-electron chi connectivity index (χ1n) is 5.64. The standard InChI is InChI=1S/C13H11NO6/c1-7(15)8-4-10-11(20-6-19-10)5-9(8)14-12(16)2-3-13(17)18/h2-5H,6H2,1H3,(H,14,16)(H,17,18). The van der Waals surface area contributed by atoms with Crippen molar-refractivity contribution >= 4 is 23.3 Å². The lowest BCUT2D eigenvalue weighted by Crippen LogP contribution is -2.12. The number of fused-ring (bicyclic) bond motifs is 1. The van der Waals surface area contributed by atoms with Crippen molar-refractivity contribution in [1.82, 2.24) is 0 Å². The van der Waals surface area contributed by atoms with Crippen LogP contribution in [0.15, 0.2) is 24.3 Å². The van der Waals surface area contributed by atoms with Gasteiger partial charge in [0.2, 0.25) is 12.7 Å². The van der Waals surface area contributed by atoms with Crippen LogP contribution in [0.1, 0.15) is 17.3 Å². The summed E-state index contributed by atoms with van der Waals surface area (Å²) in [5.41, 5.74) is 0.494. The lowest BCUT2D eigenvalue weighted by molar-refractivity contribution is -0.131. The minimum atomic E-state index is -1.24. The number of carbonyl (C=O) groups excluding carboxylic acids is 2. The van der Waals surface area contributed by atoms with Crippen LogP contribution in [0.2, 0.25) is 0 Å². The minimum absolute atomic E-state index is 0.0446. The summed E-state index contributed by atoms with van der Waals surface area (Å²) in [7, 11) is 0. The fourth-order valence-electron chi connectivity index (χ4n) is 1.66. The number of hydrogen-bond acceptors (Lipinski definition) is 5. The average Bonchev–Trinajstić information content (AvgIpc) is 2.82. The number of amides is 1. The van der Waals surface area contributed by atoms with E-state index in [1.165, 1.54) is 19.1 Å². The highest BCUT2D eigenvalue weighted by molar-refractivity contribution is 6.08. The van der Waals surface area contributed by atoms with Crippen LogP contribution in [0, 0.1) is 0 Å². The van der Waals surface area contributed by atoms with Gasteiger partial charge in [-0.25, -0.2) is 4.79 Å². The molecule has 7 heteroatoms. The highest BCUT2D eigenvalue weighted by Gasteiger charge is 2.19. The van der Waals surface area contributed by atoms with E-state index >= 15 is 0 Å².